The molecule has 18 nitrogen and oxygen atoms in total. The van der Waals surface area contributed by atoms with Crippen LogP contribution < -0.4 is 42.4 Å². The number of amides is 7. The van der Waals surface area contributed by atoms with Gasteiger partial charge in [-0.25, -0.2) is 9.97 Å². The fourth-order valence-corrected chi connectivity index (χ4v) is 8.31. The van der Waals surface area contributed by atoms with Crippen LogP contribution in [0.2, 0.25) is 0 Å². The molecule has 7 amide bonds. The molecule has 0 radical (unpaired) electrons. The van der Waals surface area contributed by atoms with Gasteiger partial charge < -0.3 is 37.1 Å². The first-order chi connectivity index (χ1) is 29.7. The number of carbonyl (C=O) groups excluding carboxylic acids is 7. The highest BCUT2D eigenvalue weighted by molar-refractivity contribution is 7.99. The van der Waals surface area contributed by atoms with E-state index in [1.165, 1.54) is 30.0 Å². The van der Waals surface area contributed by atoms with Gasteiger partial charge in [0, 0.05) is 48.7 Å². The Morgan fingerprint density at radius 1 is 0.919 bits per heavy atom. The summed E-state index contributed by atoms with van der Waals surface area (Å²) < 4.78 is 5.63. The van der Waals surface area contributed by atoms with Gasteiger partial charge in [0.2, 0.25) is 23.6 Å². The number of nitrogens with one attached hydrogen (secondary N) is 4. The molecule has 0 spiro atoms. The zero-order valence-corrected chi connectivity index (χ0v) is 35.9. The SMILES string of the molecule is Cc1c(NC(=O)CC(=O)NCCCCCCCCNC(=O)COc2cccc3c2C(=O)N(C2CCC(=O)NC2=O)C3=O)cccc1Sc1ncc(N2CCC(C)(N)CC2)nc1N. The average molecular weight is 871 g/mol. The van der Waals surface area contributed by atoms with Crippen molar-refractivity contribution in [1.29, 1.82) is 0 Å². The van der Waals surface area contributed by atoms with Crippen LogP contribution in [0.25, 0.3) is 0 Å². The largest absolute Gasteiger partial charge is 0.483 e. The van der Waals surface area contributed by atoms with Gasteiger partial charge in [0.25, 0.3) is 17.7 Å². The molecule has 1 atom stereocenters. The predicted molar refractivity (Wildman–Crippen MR) is 231 cm³/mol. The molecule has 0 bridgehead atoms. The lowest BCUT2D eigenvalue weighted by Crippen LogP contribution is -2.54. The third-order valence-corrected chi connectivity index (χ3v) is 12.3. The highest BCUT2D eigenvalue weighted by Gasteiger charge is 2.46. The van der Waals surface area contributed by atoms with E-state index in [0.717, 1.165) is 85.6 Å². The lowest BCUT2D eigenvalue weighted by Gasteiger charge is -2.37. The Labute approximate surface area is 364 Å². The van der Waals surface area contributed by atoms with Gasteiger partial charge >= 0.3 is 0 Å². The summed E-state index contributed by atoms with van der Waals surface area (Å²) in [6.07, 6.45) is 8.35. The number of piperidine rings is 2. The smallest absolute Gasteiger partial charge is 0.266 e. The minimum Gasteiger partial charge on any atom is -0.483 e. The maximum Gasteiger partial charge on any atom is 0.266 e. The van der Waals surface area contributed by atoms with Gasteiger partial charge in [0.05, 0.1) is 17.3 Å². The molecule has 0 aliphatic carbocycles. The van der Waals surface area contributed by atoms with E-state index in [4.69, 9.17) is 16.2 Å². The van der Waals surface area contributed by atoms with Crippen molar-refractivity contribution in [2.75, 3.05) is 48.7 Å². The molecule has 3 aliphatic heterocycles. The highest BCUT2D eigenvalue weighted by atomic mass is 32.2. The number of unbranched alkanes of at least 4 members (excludes halogenated alkanes) is 5. The van der Waals surface area contributed by atoms with Crippen molar-refractivity contribution < 1.29 is 38.3 Å². The number of hydrogen-bond acceptors (Lipinski definition) is 14. The van der Waals surface area contributed by atoms with Gasteiger partial charge in [-0.3, -0.25) is 43.8 Å². The molecule has 3 aromatic rings. The molecular formula is C43H54N10O8S. The fraction of sp³-hybridized carbons (Fsp3) is 0.465. The van der Waals surface area contributed by atoms with Crippen LogP contribution >= 0.6 is 11.8 Å². The Morgan fingerprint density at radius 3 is 2.29 bits per heavy atom. The number of rotatable bonds is 19. The molecule has 330 valence electrons. The number of fused-ring (bicyclic) bond motifs is 1. The van der Waals surface area contributed by atoms with Crippen molar-refractivity contribution in [3.05, 3.63) is 59.3 Å². The maximum atomic E-state index is 13.2. The lowest BCUT2D eigenvalue weighted by molar-refractivity contribution is -0.136. The van der Waals surface area contributed by atoms with E-state index >= 15 is 0 Å². The minimum absolute atomic E-state index is 0.00984. The zero-order valence-electron chi connectivity index (χ0n) is 35.1. The third kappa shape index (κ3) is 11.6. The number of nitrogens with zero attached hydrogens (tertiary/aromatic N) is 4. The molecule has 3 aliphatic rings. The number of aromatic nitrogens is 2. The second kappa shape index (κ2) is 20.7. The summed E-state index contributed by atoms with van der Waals surface area (Å²) in [5.74, 6) is -2.59. The second-order valence-corrected chi connectivity index (χ2v) is 17.1. The molecule has 2 saturated heterocycles. The number of nitrogens with two attached hydrogens (primary N) is 2. The minimum atomic E-state index is -1.10. The number of imide groups is 2. The van der Waals surface area contributed by atoms with Gasteiger partial charge in [0.1, 0.15) is 29.1 Å². The fourth-order valence-electron chi connectivity index (χ4n) is 7.44. The van der Waals surface area contributed by atoms with Gasteiger partial charge in [-0.15, -0.1) is 0 Å². The zero-order chi connectivity index (χ0) is 44.4. The van der Waals surface area contributed by atoms with Crippen LogP contribution in [0.3, 0.4) is 0 Å². The molecule has 4 heterocycles. The topological polar surface area (TPSA) is 261 Å². The number of ether oxygens (including phenoxy) is 1. The Bertz CT molecular complexity index is 2210. The van der Waals surface area contributed by atoms with Gasteiger partial charge in [-0.2, -0.15) is 0 Å². The van der Waals surface area contributed by atoms with Crippen LogP contribution in [0, 0.1) is 6.92 Å². The van der Waals surface area contributed by atoms with Gasteiger partial charge in [-0.05, 0) is 75.8 Å². The van der Waals surface area contributed by atoms with Crippen LogP contribution in [0.5, 0.6) is 5.75 Å². The van der Waals surface area contributed by atoms with E-state index in [1.54, 1.807) is 12.3 Å². The number of hydrogen-bond donors (Lipinski definition) is 6. The van der Waals surface area contributed by atoms with Crippen LogP contribution in [-0.4, -0.2) is 101 Å². The van der Waals surface area contributed by atoms with Crippen molar-refractivity contribution in [2.45, 2.75) is 106 Å². The first-order valence-corrected chi connectivity index (χ1v) is 21.8. The molecule has 6 rings (SSSR count). The van der Waals surface area contributed by atoms with Crippen molar-refractivity contribution in [3.63, 3.8) is 0 Å². The molecule has 62 heavy (non-hydrogen) atoms. The van der Waals surface area contributed by atoms with Crippen molar-refractivity contribution >= 4 is 70.4 Å². The normalized spacial score (nSPS) is 17.0. The Balaban J connectivity index is 0.814. The van der Waals surface area contributed by atoms with Crippen LogP contribution in [0.15, 0.2) is 52.5 Å². The van der Waals surface area contributed by atoms with Crippen LogP contribution in [0.4, 0.5) is 17.3 Å². The lowest BCUT2D eigenvalue weighted by atomic mass is 9.91. The third-order valence-electron chi connectivity index (χ3n) is 11.1. The molecule has 0 saturated carbocycles. The predicted octanol–water partition coefficient (Wildman–Crippen LogP) is 3.22. The summed E-state index contributed by atoms with van der Waals surface area (Å²) >= 11 is 1.36. The molecule has 1 unspecified atom stereocenters. The number of anilines is 3. The van der Waals surface area contributed by atoms with E-state index in [-0.39, 0.29) is 60.1 Å². The van der Waals surface area contributed by atoms with E-state index < -0.39 is 35.6 Å². The molecule has 2 fully saturated rings. The standard InChI is InChI=1S/C43H54N10O8S/c1-26-28(12-10-14-31(26)62-40-38(44)50-32(24-48-40)52-21-17-43(2,45)18-22-52)49-35(56)23-34(55)46-19-7-5-3-4-6-8-20-47-36(57)25-61-30-13-9-11-27-37(30)42(60)53(41(27)59)29-15-16-33(54)51-39(29)58/h9-14,24,29H,3-8,15-23,25,45H2,1-2H3,(H2,44,50)(H,46,55)(H,47,57)(H,49,56)(H,51,54,58). The number of benzene rings is 2. The summed E-state index contributed by atoms with van der Waals surface area (Å²) in [7, 11) is 0. The summed E-state index contributed by atoms with van der Waals surface area (Å²) in [4.78, 5) is 101. The number of nitrogen functional groups attached to an aromatic ring is 1. The summed E-state index contributed by atoms with van der Waals surface area (Å²) in [5.41, 5.74) is 13.9. The summed E-state index contributed by atoms with van der Waals surface area (Å²) in [6, 6.07) is 8.89. The maximum absolute atomic E-state index is 13.2. The molecule has 8 N–H and O–H groups in total. The van der Waals surface area contributed by atoms with Gasteiger partial charge in [0.15, 0.2) is 12.4 Å². The van der Waals surface area contributed by atoms with Crippen molar-refractivity contribution in [3.8, 4) is 5.75 Å². The van der Waals surface area contributed by atoms with E-state index in [0.29, 0.717) is 29.6 Å². The Hall–Kier alpha value is -6.08. The average Bonchev–Trinajstić information content (AvgIpc) is 3.48. The first-order valence-electron chi connectivity index (χ1n) is 20.9. The monoisotopic (exact) mass is 870 g/mol. The molecule has 2 aromatic carbocycles. The summed E-state index contributed by atoms with van der Waals surface area (Å²) in [5, 5.41) is 11.2. The molecule has 1 aromatic heterocycles. The number of carbonyl (C=O) groups is 7. The van der Waals surface area contributed by atoms with E-state index in [9.17, 15) is 33.6 Å². The Morgan fingerprint density at radius 2 is 1.60 bits per heavy atom. The molecule has 19 heteroatoms. The summed E-state index contributed by atoms with van der Waals surface area (Å²) in [6.45, 7) is 6.04. The van der Waals surface area contributed by atoms with Crippen LogP contribution in [-0.2, 0) is 24.0 Å². The van der Waals surface area contributed by atoms with Crippen LogP contribution in [0.1, 0.15) is 104 Å². The van der Waals surface area contributed by atoms with E-state index in [1.807, 2.05) is 19.1 Å². The quantitative estimate of drug-likeness (QED) is 0.0575. The highest BCUT2D eigenvalue weighted by Crippen LogP contribution is 2.36. The van der Waals surface area contributed by atoms with Crippen molar-refractivity contribution in [2.24, 2.45) is 5.73 Å². The van der Waals surface area contributed by atoms with Gasteiger partial charge in [-0.1, -0.05) is 49.6 Å². The second-order valence-electron chi connectivity index (χ2n) is 16.1. The Kier molecular flexibility index (Phi) is 15.1. The van der Waals surface area contributed by atoms with E-state index in [2.05, 4.69) is 43.1 Å². The first kappa shape index (κ1) is 45.4. The molecular weight excluding hydrogens is 817 g/mol. The van der Waals surface area contributed by atoms with Crippen molar-refractivity contribution in [1.82, 2.24) is 30.8 Å².